The summed E-state index contributed by atoms with van der Waals surface area (Å²) < 4.78 is 0.946. The summed E-state index contributed by atoms with van der Waals surface area (Å²) in [6.07, 6.45) is 0.194. The Labute approximate surface area is 82.9 Å². The molecule has 4 N–H and O–H groups in total. The Morgan fingerprint density at radius 2 is 2.42 bits per heavy atom. The smallest absolute Gasteiger partial charge is 0.219 e. The molecular weight excluding hydrogens is 240 g/mol. The van der Waals surface area contributed by atoms with Crippen LogP contribution in [0.2, 0.25) is 0 Å². The molecule has 1 rings (SSSR count). The van der Waals surface area contributed by atoms with Crippen molar-refractivity contribution in [3.63, 3.8) is 0 Å². The average Bonchev–Trinajstić information content (AvgIpc) is 2.33. The number of hydrogen-bond donors (Lipinski definition) is 2. The first-order chi connectivity index (χ1) is 5.61. The van der Waals surface area contributed by atoms with Gasteiger partial charge in [0.25, 0.3) is 0 Å². The molecule has 0 aliphatic carbocycles. The van der Waals surface area contributed by atoms with E-state index in [1.54, 1.807) is 0 Å². The topological polar surface area (TPSA) is 69.1 Å². The highest BCUT2D eigenvalue weighted by Gasteiger charge is 2.13. The fourth-order valence-corrected chi connectivity index (χ4v) is 2.55. The Bertz CT molecular complexity index is 287. The molecule has 66 valence electrons. The van der Waals surface area contributed by atoms with Gasteiger partial charge >= 0.3 is 0 Å². The fourth-order valence-electron chi connectivity index (χ4n) is 0.879. The Morgan fingerprint density at radius 3 is 2.83 bits per heavy atom. The predicted molar refractivity (Wildman–Crippen MR) is 52.8 cm³/mol. The van der Waals surface area contributed by atoms with Crippen LogP contribution in [0.1, 0.15) is 17.3 Å². The van der Waals surface area contributed by atoms with Crippen molar-refractivity contribution in [1.82, 2.24) is 0 Å². The van der Waals surface area contributed by atoms with E-state index in [-0.39, 0.29) is 18.4 Å². The monoisotopic (exact) mass is 248 g/mol. The van der Waals surface area contributed by atoms with Crippen LogP contribution in [-0.4, -0.2) is 5.91 Å². The maximum atomic E-state index is 10.5. The van der Waals surface area contributed by atoms with Crippen LogP contribution >= 0.6 is 27.3 Å². The minimum atomic E-state index is -0.372. The minimum absolute atomic E-state index is 0.194. The van der Waals surface area contributed by atoms with E-state index in [0.29, 0.717) is 0 Å². The maximum absolute atomic E-state index is 10.5. The molecule has 0 aliphatic rings. The van der Waals surface area contributed by atoms with Crippen LogP contribution < -0.4 is 11.5 Å². The Morgan fingerprint density at radius 1 is 1.75 bits per heavy atom. The minimum Gasteiger partial charge on any atom is -0.370 e. The van der Waals surface area contributed by atoms with Gasteiger partial charge in [-0.25, -0.2) is 0 Å². The van der Waals surface area contributed by atoms with E-state index in [2.05, 4.69) is 15.9 Å². The molecule has 0 fully saturated rings. The van der Waals surface area contributed by atoms with Crippen LogP contribution in [0.4, 0.5) is 0 Å². The molecule has 0 bridgehead atoms. The van der Waals surface area contributed by atoms with Crippen molar-refractivity contribution < 1.29 is 4.79 Å². The van der Waals surface area contributed by atoms with Crippen LogP contribution in [0.15, 0.2) is 15.9 Å². The van der Waals surface area contributed by atoms with Crippen molar-refractivity contribution in [1.29, 1.82) is 0 Å². The van der Waals surface area contributed by atoms with Crippen LogP contribution in [0.3, 0.4) is 0 Å². The lowest BCUT2D eigenvalue weighted by Crippen LogP contribution is -2.20. The van der Waals surface area contributed by atoms with Crippen LogP contribution in [0.5, 0.6) is 0 Å². The zero-order chi connectivity index (χ0) is 9.14. The molecule has 1 aromatic heterocycles. The van der Waals surface area contributed by atoms with Crippen molar-refractivity contribution in [2.24, 2.45) is 11.5 Å². The number of hydrogen-bond acceptors (Lipinski definition) is 3. The molecule has 1 atom stereocenters. The normalized spacial score (nSPS) is 12.8. The molecule has 0 saturated carbocycles. The quantitative estimate of drug-likeness (QED) is 0.849. The average molecular weight is 249 g/mol. The third-order valence-corrected chi connectivity index (χ3v) is 3.41. The summed E-state index contributed by atoms with van der Waals surface area (Å²) in [5.74, 6) is -0.372. The Balaban J connectivity index is 2.71. The fraction of sp³-hybridized carbons (Fsp3) is 0.286. The van der Waals surface area contributed by atoms with Gasteiger partial charge in [0, 0.05) is 21.8 Å². The van der Waals surface area contributed by atoms with Gasteiger partial charge in [0.2, 0.25) is 5.91 Å². The van der Waals surface area contributed by atoms with E-state index in [9.17, 15) is 4.79 Å². The number of amides is 1. The molecule has 1 heterocycles. The highest BCUT2D eigenvalue weighted by Crippen LogP contribution is 2.28. The lowest BCUT2D eigenvalue weighted by molar-refractivity contribution is -0.118. The van der Waals surface area contributed by atoms with Gasteiger partial charge in [0.05, 0.1) is 0 Å². The van der Waals surface area contributed by atoms with Crippen LogP contribution in [0, 0.1) is 0 Å². The van der Waals surface area contributed by atoms with Crippen molar-refractivity contribution in [2.75, 3.05) is 0 Å². The van der Waals surface area contributed by atoms with Crippen molar-refractivity contribution in [3.8, 4) is 0 Å². The molecule has 3 nitrogen and oxygen atoms in total. The molecule has 0 aliphatic heterocycles. The molecule has 0 spiro atoms. The molecule has 12 heavy (non-hydrogen) atoms. The zero-order valence-electron chi connectivity index (χ0n) is 6.29. The summed E-state index contributed by atoms with van der Waals surface area (Å²) in [6, 6.07) is 1.62. The van der Waals surface area contributed by atoms with Crippen molar-refractivity contribution in [2.45, 2.75) is 12.5 Å². The van der Waals surface area contributed by atoms with E-state index in [4.69, 9.17) is 11.5 Å². The molecule has 0 saturated heterocycles. The zero-order valence-corrected chi connectivity index (χ0v) is 8.69. The number of primary amides is 1. The second-order valence-electron chi connectivity index (χ2n) is 2.41. The number of nitrogens with two attached hydrogens (primary N) is 2. The lowest BCUT2D eigenvalue weighted by Gasteiger charge is -2.06. The summed E-state index contributed by atoms with van der Waals surface area (Å²) in [6.45, 7) is 0. The van der Waals surface area contributed by atoms with Gasteiger partial charge < -0.3 is 11.5 Å². The maximum Gasteiger partial charge on any atom is 0.219 e. The number of carbonyl (C=O) groups is 1. The van der Waals surface area contributed by atoms with E-state index in [1.165, 1.54) is 11.3 Å². The molecule has 5 heteroatoms. The van der Waals surface area contributed by atoms with Crippen LogP contribution in [0.25, 0.3) is 0 Å². The molecule has 1 amide bonds. The summed E-state index contributed by atoms with van der Waals surface area (Å²) in [7, 11) is 0. The van der Waals surface area contributed by atoms with Crippen LogP contribution in [-0.2, 0) is 4.79 Å². The first-order valence-electron chi connectivity index (χ1n) is 3.38. The van der Waals surface area contributed by atoms with E-state index in [1.807, 2.05) is 11.4 Å². The molecule has 1 unspecified atom stereocenters. The summed E-state index contributed by atoms with van der Waals surface area (Å²) in [5.41, 5.74) is 10.7. The third-order valence-electron chi connectivity index (χ3n) is 1.40. The highest BCUT2D eigenvalue weighted by atomic mass is 79.9. The van der Waals surface area contributed by atoms with E-state index < -0.39 is 0 Å². The van der Waals surface area contributed by atoms with Gasteiger partial charge in [-0.05, 0) is 27.4 Å². The van der Waals surface area contributed by atoms with E-state index >= 15 is 0 Å². The third kappa shape index (κ3) is 2.30. The summed E-state index contributed by atoms with van der Waals surface area (Å²) in [5, 5.41) is 1.92. The Kier molecular flexibility index (Phi) is 3.25. The number of thiophene rings is 1. The first-order valence-corrected chi connectivity index (χ1v) is 5.05. The van der Waals surface area contributed by atoms with Gasteiger partial charge in [-0.2, -0.15) is 0 Å². The largest absolute Gasteiger partial charge is 0.370 e. The predicted octanol–water partition coefficient (Wildman–Crippen LogP) is 1.39. The summed E-state index contributed by atoms with van der Waals surface area (Å²) >= 11 is 4.86. The van der Waals surface area contributed by atoms with Gasteiger partial charge in [-0.3, -0.25) is 4.79 Å². The van der Waals surface area contributed by atoms with Gasteiger partial charge in [0.1, 0.15) is 0 Å². The molecular formula is C7H9BrN2OS. The SMILES string of the molecule is NC(=O)CC(N)c1sccc1Br. The standard InChI is InChI=1S/C7H9BrN2OS/c8-4-1-2-12-7(4)5(9)3-6(10)11/h1-2,5H,3,9H2,(H2,10,11). The highest BCUT2D eigenvalue weighted by molar-refractivity contribution is 9.10. The number of rotatable bonds is 3. The Hall–Kier alpha value is -0.390. The first kappa shape index (κ1) is 9.70. The second kappa shape index (κ2) is 4.02. The molecule has 0 aromatic carbocycles. The number of halogens is 1. The summed E-state index contributed by atoms with van der Waals surface area (Å²) in [4.78, 5) is 11.5. The van der Waals surface area contributed by atoms with Gasteiger partial charge in [-0.1, -0.05) is 0 Å². The number of carbonyl (C=O) groups excluding carboxylic acids is 1. The van der Waals surface area contributed by atoms with Crippen molar-refractivity contribution >= 4 is 33.2 Å². The molecule has 1 aromatic rings. The lowest BCUT2D eigenvalue weighted by atomic mass is 10.2. The van der Waals surface area contributed by atoms with Gasteiger partial charge in [-0.15, -0.1) is 11.3 Å². The van der Waals surface area contributed by atoms with Gasteiger partial charge in [0.15, 0.2) is 0 Å². The second-order valence-corrected chi connectivity index (χ2v) is 4.21. The van der Waals surface area contributed by atoms with E-state index in [0.717, 1.165) is 9.35 Å². The molecule has 0 radical (unpaired) electrons. The van der Waals surface area contributed by atoms with Crippen molar-refractivity contribution in [3.05, 3.63) is 20.8 Å².